The van der Waals surface area contributed by atoms with Crippen LogP contribution in [0, 0.1) is 15.9 Å². The molecule has 0 saturated carbocycles. The molecule has 23 heavy (non-hydrogen) atoms. The lowest BCUT2D eigenvalue weighted by Crippen LogP contribution is -2.30. The summed E-state index contributed by atoms with van der Waals surface area (Å²) in [5.41, 5.74) is 0.488. The Kier molecular flexibility index (Phi) is 5.37. The van der Waals surface area contributed by atoms with E-state index in [1.165, 1.54) is 36.4 Å². The fourth-order valence-corrected chi connectivity index (χ4v) is 2.09. The largest absolute Gasteiger partial charge is 0.386 e. The number of hydrogen-bond donors (Lipinski definition) is 2. The Morgan fingerprint density at radius 1 is 1.26 bits per heavy atom. The Morgan fingerprint density at radius 2 is 2.00 bits per heavy atom. The number of nitrogens with zero attached hydrogens (tertiary/aromatic N) is 1. The number of benzene rings is 2. The Hall–Kier alpha value is -2.80. The molecule has 0 saturated heterocycles. The van der Waals surface area contributed by atoms with Crippen molar-refractivity contribution in [2.75, 3.05) is 6.54 Å². The average Bonchev–Trinajstić information content (AvgIpc) is 2.53. The number of aliphatic hydroxyl groups is 1. The van der Waals surface area contributed by atoms with Crippen molar-refractivity contribution in [3.63, 3.8) is 0 Å². The molecule has 0 radical (unpaired) electrons. The van der Waals surface area contributed by atoms with Crippen molar-refractivity contribution in [1.29, 1.82) is 0 Å². The summed E-state index contributed by atoms with van der Waals surface area (Å²) < 4.78 is 13.5. The highest BCUT2D eigenvalue weighted by Crippen LogP contribution is 2.16. The van der Waals surface area contributed by atoms with E-state index in [2.05, 4.69) is 5.32 Å². The maximum absolute atomic E-state index is 13.5. The van der Waals surface area contributed by atoms with Crippen LogP contribution in [0.15, 0.2) is 48.5 Å². The van der Waals surface area contributed by atoms with Crippen LogP contribution in [-0.4, -0.2) is 22.5 Å². The summed E-state index contributed by atoms with van der Waals surface area (Å²) in [6.07, 6.45) is -1.23. The zero-order valence-electron chi connectivity index (χ0n) is 12.1. The lowest BCUT2D eigenvalue weighted by Gasteiger charge is -2.13. The number of carbonyl (C=O) groups excluding carboxylic acids is 1. The van der Waals surface area contributed by atoms with E-state index in [4.69, 9.17) is 0 Å². The van der Waals surface area contributed by atoms with Gasteiger partial charge in [-0.05, 0) is 11.6 Å². The number of rotatable bonds is 6. The van der Waals surface area contributed by atoms with Crippen molar-refractivity contribution < 1.29 is 19.2 Å². The van der Waals surface area contributed by atoms with Gasteiger partial charge in [-0.15, -0.1) is 0 Å². The molecule has 0 heterocycles. The highest BCUT2D eigenvalue weighted by Gasteiger charge is 2.14. The highest BCUT2D eigenvalue weighted by molar-refractivity contribution is 5.78. The quantitative estimate of drug-likeness (QED) is 0.630. The zero-order chi connectivity index (χ0) is 16.8. The van der Waals surface area contributed by atoms with Crippen LogP contribution in [0.5, 0.6) is 0 Å². The fraction of sp³-hybridized carbons (Fsp3) is 0.188. The second-order valence-corrected chi connectivity index (χ2v) is 4.95. The highest BCUT2D eigenvalue weighted by atomic mass is 19.1. The molecule has 0 bridgehead atoms. The van der Waals surface area contributed by atoms with Gasteiger partial charge >= 0.3 is 0 Å². The zero-order valence-corrected chi connectivity index (χ0v) is 12.1. The van der Waals surface area contributed by atoms with Crippen LogP contribution >= 0.6 is 0 Å². The third kappa shape index (κ3) is 4.58. The summed E-state index contributed by atoms with van der Waals surface area (Å²) in [6.45, 7) is -0.144. The van der Waals surface area contributed by atoms with Crippen molar-refractivity contribution in [2.45, 2.75) is 12.5 Å². The molecule has 120 valence electrons. The Morgan fingerprint density at radius 3 is 2.70 bits per heavy atom. The molecule has 0 fully saturated rings. The first kappa shape index (κ1) is 16.6. The van der Waals surface area contributed by atoms with Gasteiger partial charge in [0.15, 0.2) is 0 Å². The van der Waals surface area contributed by atoms with E-state index >= 15 is 0 Å². The Labute approximate surface area is 131 Å². The SMILES string of the molecule is O=C(Cc1cccc([N+](=O)[O-])c1)NC[C@@H](O)c1ccccc1F. The van der Waals surface area contributed by atoms with Crippen LogP contribution in [0.4, 0.5) is 10.1 Å². The molecule has 0 aliphatic heterocycles. The Balaban J connectivity index is 1.91. The van der Waals surface area contributed by atoms with Gasteiger partial charge in [-0.2, -0.15) is 0 Å². The van der Waals surface area contributed by atoms with Gasteiger partial charge < -0.3 is 10.4 Å². The fourth-order valence-electron chi connectivity index (χ4n) is 2.09. The topological polar surface area (TPSA) is 92.5 Å². The Bertz CT molecular complexity index is 721. The van der Waals surface area contributed by atoms with Crippen LogP contribution in [0.25, 0.3) is 0 Å². The van der Waals surface area contributed by atoms with Crippen LogP contribution in [0.2, 0.25) is 0 Å². The van der Waals surface area contributed by atoms with Crippen molar-refractivity contribution >= 4 is 11.6 Å². The number of nitro benzene ring substituents is 1. The molecule has 1 amide bonds. The lowest BCUT2D eigenvalue weighted by molar-refractivity contribution is -0.384. The van der Waals surface area contributed by atoms with Gasteiger partial charge in [0.1, 0.15) is 5.82 Å². The molecule has 0 aliphatic carbocycles. The second-order valence-electron chi connectivity index (χ2n) is 4.95. The number of non-ortho nitro benzene ring substituents is 1. The molecule has 6 nitrogen and oxygen atoms in total. The van der Waals surface area contributed by atoms with Crippen molar-refractivity contribution in [1.82, 2.24) is 5.32 Å². The lowest BCUT2D eigenvalue weighted by atomic mass is 10.1. The van der Waals surface area contributed by atoms with E-state index in [1.807, 2.05) is 0 Å². The second kappa shape index (κ2) is 7.46. The number of carbonyl (C=O) groups is 1. The van der Waals surface area contributed by atoms with E-state index in [0.717, 1.165) is 0 Å². The normalized spacial score (nSPS) is 11.7. The van der Waals surface area contributed by atoms with E-state index in [1.54, 1.807) is 12.1 Å². The van der Waals surface area contributed by atoms with E-state index < -0.39 is 22.8 Å². The maximum atomic E-state index is 13.5. The first-order valence-corrected chi connectivity index (χ1v) is 6.90. The van der Waals surface area contributed by atoms with E-state index in [9.17, 15) is 24.4 Å². The molecule has 2 aromatic carbocycles. The maximum Gasteiger partial charge on any atom is 0.269 e. The van der Waals surface area contributed by atoms with Crippen molar-refractivity contribution in [3.05, 3.63) is 75.6 Å². The third-order valence-electron chi connectivity index (χ3n) is 3.24. The number of aliphatic hydroxyl groups excluding tert-OH is 1. The van der Waals surface area contributed by atoms with Crippen molar-refractivity contribution in [2.24, 2.45) is 0 Å². The number of hydrogen-bond acceptors (Lipinski definition) is 4. The van der Waals surface area contributed by atoms with Crippen LogP contribution in [0.1, 0.15) is 17.2 Å². The summed E-state index contributed by atoms with van der Waals surface area (Å²) in [4.78, 5) is 22.0. The number of nitrogens with one attached hydrogen (secondary N) is 1. The molecule has 2 N–H and O–H groups in total. The molecule has 0 aromatic heterocycles. The minimum Gasteiger partial charge on any atom is -0.386 e. The van der Waals surface area contributed by atoms with Crippen LogP contribution < -0.4 is 5.32 Å². The number of amides is 1. The predicted molar refractivity (Wildman–Crippen MR) is 81.2 cm³/mol. The summed E-state index contributed by atoms with van der Waals surface area (Å²) in [5, 5.41) is 23.0. The van der Waals surface area contributed by atoms with Gasteiger partial charge in [0.25, 0.3) is 5.69 Å². The molecular formula is C16H15FN2O4. The molecule has 0 spiro atoms. The van der Waals surface area contributed by atoms with Gasteiger partial charge in [-0.1, -0.05) is 30.3 Å². The van der Waals surface area contributed by atoms with Gasteiger partial charge in [0, 0.05) is 24.2 Å². The molecular weight excluding hydrogens is 303 g/mol. The van der Waals surface area contributed by atoms with Gasteiger partial charge in [-0.25, -0.2) is 4.39 Å². The molecule has 2 aromatic rings. The third-order valence-corrected chi connectivity index (χ3v) is 3.24. The molecule has 0 aliphatic rings. The average molecular weight is 318 g/mol. The summed E-state index contributed by atoms with van der Waals surface area (Å²) >= 11 is 0. The first-order chi connectivity index (χ1) is 11.0. The van der Waals surface area contributed by atoms with Gasteiger partial charge in [-0.3, -0.25) is 14.9 Å². The number of halogens is 1. The minimum absolute atomic E-state index is 0.0638. The molecule has 0 unspecified atom stereocenters. The van der Waals surface area contributed by atoms with Gasteiger partial charge in [0.2, 0.25) is 5.91 Å². The summed E-state index contributed by atoms with van der Waals surface area (Å²) in [7, 11) is 0. The smallest absolute Gasteiger partial charge is 0.269 e. The van der Waals surface area contributed by atoms with Crippen LogP contribution in [0.3, 0.4) is 0 Å². The van der Waals surface area contributed by atoms with E-state index in [-0.39, 0.29) is 24.2 Å². The molecule has 7 heteroatoms. The number of nitro groups is 1. The summed E-state index contributed by atoms with van der Waals surface area (Å²) in [5.74, 6) is -0.964. The standard InChI is InChI=1S/C16H15FN2O4/c17-14-7-2-1-6-13(14)15(20)10-18-16(21)9-11-4-3-5-12(8-11)19(22)23/h1-8,15,20H,9-10H2,(H,18,21)/t15-/m1/s1. The minimum atomic E-state index is -1.16. The summed E-state index contributed by atoms with van der Waals surface area (Å²) in [6, 6.07) is 11.5. The first-order valence-electron chi connectivity index (χ1n) is 6.90. The van der Waals surface area contributed by atoms with Crippen LogP contribution in [-0.2, 0) is 11.2 Å². The van der Waals surface area contributed by atoms with Gasteiger partial charge in [0.05, 0.1) is 17.4 Å². The monoisotopic (exact) mass is 318 g/mol. The molecule has 1 atom stereocenters. The van der Waals surface area contributed by atoms with Crippen molar-refractivity contribution in [3.8, 4) is 0 Å². The molecule has 2 rings (SSSR count). The predicted octanol–water partition coefficient (Wildman–Crippen LogP) is 2.13. The van der Waals surface area contributed by atoms with E-state index in [0.29, 0.717) is 5.56 Å².